The second-order valence-electron chi connectivity index (χ2n) is 6.13. The molecule has 1 unspecified atom stereocenters. The fourth-order valence-corrected chi connectivity index (χ4v) is 3.32. The maximum absolute atomic E-state index is 5.46. The molecule has 5 heteroatoms. The van der Waals surface area contributed by atoms with Crippen molar-refractivity contribution in [3.8, 4) is 0 Å². The zero-order chi connectivity index (χ0) is 13.8. The average Bonchev–Trinajstić information content (AvgIpc) is 2.97. The first-order chi connectivity index (χ1) is 9.85. The van der Waals surface area contributed by atoms with Crippen LogP contribution in [-0.4, -0.2) is 41.2 Å². The fourth-order valence-electron chi connectivity index (χ4n) is 3.32. The first-order valence-corrected chi connectivity index (χ1v) is 8.13. The molecule has 1 atom stereocenters. The van der Waals surface area contributed by atoms with Crippen molar-refractivity contribution < 1.29 is 4.52 Å². The molecule has 2 fully saturated rings. The maximum atomic E-state index is 5.46. The quantitative estimate of drug-likeness (QED) is 0.914. The summed E-state index contributed by atoms with van der Waals surface area (Å²) in [7, 11) is 0. The van der Waals surface area contributed by atoms with Crippen LogP contribution in [0.3, 0.4) is 0 Å². The minimum atomic E-state index is 0.309. The van der Waals surface area contributed by atoms with Gasteiger partial charge in [0.1, 0.15) is 0 Å². The van der Waals surface area contributed by atoms with Gasteiger partial charge in [0.25, 0.3) is 0 Å². The number of hydrogen-bond acceptors (Lipinski definition) is 5. The Kier molecular flexibility index (Phi) is 4.68. The molecular formula is C15H26N4O. The molecule has 0 saturated carbocycles. The molecule has 0 radical (unpaired) electrons. The molecule has 1 aromatic rings. The summed E-state index contributed by atoms with van der Waals surface area (Å²) < 4.78 is 5.46. The Morgan fingerprint density at radius 2 is 2.10 bits per heavy atom. The standard InChI is InChI=1S/C15H26N4O/c1-2-19-9-6-12(7-10-19)11-14-17-15(18-20-14)13-5-3-4-8-16-13/h12-13,16H,2-11H2,1H3. The molecule has 0 aromatic carbocycles. The summed E-state index contributed by atoms with van der Waals surface area (Å²) in [6.07, 6.45) is 7.12. The number of piperidine rings is 2. The number of rotatable bonds is 4. The second kappa shape index (κ2) is 6.68. The maximum Gasteiger partial charge on any atom is 0.226 e. The zero-order valence-electron chi connectivity index (χ0n) is 12.5. The van der Waals surface area contributed by atoms with Crippen molar-refractivity contribution in [2.24, 2.45) is 5.92 Å². The van der Waals surface area contributed by atoms with Gasteiger partial charge in [0.2, 0.25) is 5.89 Å². The molecular weight excluding hydrogens is 252 g/mol. The Balaban J connectivity index is 1.52. The Labute approximate surface area is 121 Å². The fraction of sp³-hybridized carbons (Fsp3) is 0.867. The van der Waals surface area contributed by atoms with Gasteiger partial charge in [0.15, 0.2) is 5.82 Å². The van der Waals surface area contributed by atoms with E-state index in [1.807, 2.05) is 0 Å². The molecule has 112 valence electrons. The molecule has 5 nitrogen and oxygen atoms in total. The predicted molar refractivity (Wildman–Crippen MR) is 77.4 cm³/mol. The van der Waals surface area contributed by atoms with E-state index >= 15 is 0 Å². The number of likely N-dealkylation sites (tertiary alicyclic amines) is 1. The van der Waals surface area contributed by atoms with E-state index in [4.69, 9.17) is 4.52 Å². The van der Waals surface area contributed by atoms with Crippen LogP contribution in [0.4, 0.5) is 0 Å². The Hall–Kier alpha value is -0.940. The minimum absolute atomic E-state index is 0.309. The van der Waals surface area contributed by atoms with Crippen LogP contribution in [0.5, 0.6) is 0 Å². The monoisotopic (exact) mass is 278 g/mol. The summed E-state index contributed by atoms with van der Waals surface area (Å²) in [6.45, 7) is 6.91. The van der Waals surface area contributed by atoms with E-state index in [-0.39, 0.29) is 0 Å². The molecule has 1 N–H and O–H groups in total. The van der Waals surface area contributed by atoms with Gasteiger partial charge in [-0.05, 0) is 57.8 Å². The Morgan fingerprint density at radius 1 is 1.25 bits per heavy atom. The highest BCUT2D eigenvalue weighted by Crippen LogP contribution is 2.23. The van der Waals surface area contributed by atoms with Gasteiger partial charge < -0.3 is 14.7 Å². The van der Waals surface area contributed by atoms with Crippen LogP contribution in [0.2, 0.25) is 0 Å². The largest absolute Gasteiger partial charge is 0.339 e. The highest BCUT2D eigenvalue weighted by Gasteiger charge is 2.23. The van der Waals surface area contributed by atoms with Gasteiger partial charge in [0.05, 0.1) is 6.04 Å². The van der Waals surface area contributed by atoms with Gasteiger partial charge in [0, 0.05) is 6.42 Å². The van der Waals surface area contributed by atoms with Crippen LogP contribution < -0.4 is 5.32 Å². The van der Waals surface area contributed by atoms with Crippen molar-refractivity contribution in [1.29, 1.82) is 0 Å². The van der Waals surface area contributed by atoms with Gasteiger partial charge in [-0.25, -0.2) is 0 Å². The smallest absolute Gasteiger partial charge is 0.226 e. The highest BCUT2D eigenvalue weighted by atomic mass is 16.5. The lowest BCUT2D eigenvalue weighted by Crippen LogP contribution is -2.34. The molecule has 0 spiro atoms. The Bertz CT molecular complexity index is 406. The normalized spacial score (nSPS) is 25.9. The third kappa shape index (κ3) is 3.38. The van der Waals surface area contributed by atoms with E-state index in [1.165, 1.54) is 45.3 Å². The first-order valence-electron chi connectivity index (χ1n) is 8.13. The molecule has 0 bridgehead atoms. The van der Waals surface area contributed by atoms with E-state index in [9.17, 15) is 0 Å². The number of nitrogens with zero attached hydrogens (tertiary/aromatic N) is 3. The van der Waals surface area contributed by atoms with Gasteiger partial charge in [-0.15, -0.1) is 0 Å². The van der Waals surface area contributed by atoms with Crippen molar-refractivity contribution in [1.82, 2.24) is 20.4 Å². The molecule has 0 amide bonds. The van der Waals surface area contributed by atoms with Gasteiger partial charge in [-0.2, -0.15) is 4.98 Å². The third-order valence-electron chi connectivity index (χ3n) is 4.72. The lowest BCUT2D eigenvalue weighted by Gasteiger charge is -2.30. The summed E-state index contributed by atoms with van der Waals surface area (Å²) in [5.74, 6) is 2.42. The summed E-state index contributed by atoms with van der Waals surface area (Å²) in [6, 6.07) is 0.309. The van der Waals surface area contributed by atoms with Crippen LogP contribution in [0, 0.1) is 5.92 Å². The second-order valence-corrected chi connectivity index (χ2v) is 6.13. The van der Waals surface area contributed by atoms with Crippen molar-refractivity contribution >= 4 is 0 Å². The molecule has 2 saturated heterocycles. The summed E-state index contributed by atoms with van der Waals surface area (Å²) >= 11 is 0. The van der Waals surface area contributed by atoms with E-state index in [0.717, 1.165) is 31.1 Å². The first kappa shape index (κ1) is 14.0. The molecule has 3 rings (SSSR count). The molecule has 3 heterocycles. The number of hydrogen-bond donors (Lipinski definition) is 1. The highest BCUT2D eigenvalue weighted by molar-refractivity contribution is 4.96. The van der Waals surface area contributed by atoms with Crippen molar-refractivity contribution in [3.63, 3.8) is 0 Å². The van der Waals surface area contributed by atoms with E-state index in [1.54, 1.807) is 0 Å². The third-order valence-corrected chi connectivity index (χ3v) is 4.72. The topological polar surface area (TPSA) is 54.2 Å². The summed E-state index contributed by atoms with van der Waals surface area (Å²) in [4.78, 5) is 7.13. The zero-order valence-corrected chi connectivity index (χ0v) is 12.5. The lowest BCUT2D eigenvalue weighted by atomic mass is 9.93. The van der Waals surface area contributed by atoms with E-state index in [0.29, 0.717) is 12.0 Å². The number of aromatic nitrogens is 2. The van der Waals surface area contributed by atoms with E-state index < -0.39 is 0 Å². The number of nitrogens with one attached hydrogen (secondary N) is 1. The van der Waals surface area contributed by atoms with Crippen molar-refractivity contribution in [3.05, 3.63) is 11.7 Å². The minimum Gasteiger partial charge on any atom is -0.339 e. The average molecular weight is 278 g/mol. The Morgan fingerprint density at radius 3 is 2.80 bits per heavy atom. The van der Waals surface area contributed by atoms with Gasteiger partial charge >= 0.3 is 0 Å². The molecule has 2 aliphatic heterocycles. The van der Waals surface area contributed by atoms with E-state index in [2.05, 4.69) is 27.3 Å². The van der Waals surface area contributed by atoms with Gasteiger partial charge in [-0.1, -0.05) is 18.5 Å². The van der Waals surface area contributed by atoms with Crippen LogP contribution in [-0.2, 0) is 6.42 Å². The van der Waals surface area contributed by atoms with Gasteiger partial charge in [-0.3, -0.25) is 0 Å². The van der Waals surface area contributed by atoms with Crippen LogP contribution in [0.1, 0.15) is 56.8 Å². The predicted octanol–water partition coefficient (Wildman–Crippen LogP) is 2.16. The molecule has 0 aliphatic carbocycles. The van der Waals surface area contributed by atoms with Crippen molar-refractivity contribution in [2.45, 2.75) is 51.5 Å². The van der Waals surface area contributed by atoms with Crippen molar-refractivity contribution in [2.75, 3.05) is 26.2 Å². The SMILES string of the molecule is CCN1CCC(Cc2nc(C3CCCCN3)no2)CC1. The summed E-state index contributed by atoms with van der Waals surface area (Å²) in [5, 5.41) is 7.65. The van der Waals surface area contributed by atoms with Crippen LogP contribution in [0.15, 0.2) is 4.52 Å². The molecule has 2 aliphatic rings. The van der Waals surface area contributed by atoms with Crippen LogP contribution >= 0.6 is 0 Å². The lowest BCUT2D eigenvalue weighted by molar-refractivity contribution is 0.184. The molecule has 20 heavy (non-hydrogen) atoms. The van der Waals surface area contributed by atoms with Crippen LogP contribution in [0.25, 0.3) is 0 Å². The summed E-state index contributed by atoms with van der Waals surface area (Å²) in [5.41, 5.74) is 0. The molecule has 1 aromatic heterocycles.